The van der Waals surface area contributed by atoms with E-state index in [0.717, 1.165) is 6.42 Å². The maximum absolute atomic E-state index is 11.7. The fraction of sp³-hybridized carbons (Fsp3) is 1.00. The summed E-state index contributed by atoms with van der Waals surface area (Å²) in [5.41, 5.74) is -5.78. The lowest BCUT2D eigenvalue weighted by Crippen LogP contribution is -2.61. The second-order valence-electron chi connectivity index (χ2n) is 10.8. The number of aliphatic hydroxyl groups excluding tert-OH is 3. The molecule has 0 heterocycles. The molecule has 0 unspecified atom stereocenters. The molecule has 1 spiro atoms. The quantitative estimate of drug-likeness (QED) is 0.361. The highest BCUT2D eigenvalue weighted by molar-refractivity contribution is 5.26. The van der Waals surface area contributed by atoms with E-state index in [0.29, 0.717) is 19.3 Å². The summed E-state index contributed by atoms with van der Waals surface area (Å²) in [6, 6.07) is 0. The minimum Gasteiger partial charge on any atom is -0.390 e. The van der Waals surface area contributed by atoms with E-state index in [1.165, 1.54) is 0 Å². The molecule has 0 aromatic heterocycles. The van der Waals surface area contributed by atoms with E-state index in [2.05, 4.69) is 0 Å². The van der Waals surface area contributed by atoms with Crippen molar-refractivity contribution in [3.05, 3.63) is 0 Å². The first-order valence-corrected chi connectivity index (χ1v) is 9.93. The van der Waals surface area contributed by atoms with Gasteiger partial charge in [0.2, 0.25) is 0 Å². The Morgan fingerprint density at radius 2 is 1.46 bits per heavy atom. The average molecular weight is 370 g/mol. The first-order chi connectivity index (χ1) is 11.7. The van der Waals surface area contributed by atoms with Crippen molar-refractivity contribution in [2.24, 2.45) is 28.6 Å². The zero-order valence-corrected chi connectivity index (χ0v) is 16.2. The Labute approximate surface area is 154 Å². The summed E-state index contributed by atoms with van der Waals surface area (Å²) < 4.78 is 0. The molecule has 10 atom stereocenters. The predicted octanol–water partition coefficient (Wildman–Crippen LogP) is 0.168. The Hall–Kier alpha value is -0.240. The highest BCUT2D eigenvalue weighted by Gasteiger charge is 2.76. The number of aliphatic hydroxyl groups is 6. The molecular weight excluding hydrogens is 336 g/mol. The van der Waals surface area contributed by atoms with E-state index in [4.69, 9.17) is 0 Å². The molecule has 4 saturated carbocycles. The molecule has 26 heavy (non-hydrogen) atoms. The first-order valence-electron chi connectivity index (χ1n) is 9.93. The maximum atomic E-state index is 11.7. The zero-order chi connectivity index (χ0) is 19.5. The molecule has 4 fully saturated rings. The van der Waals surface area contributed by atoms with Crippen LogP contribution in [0.5, 0.6) is 0 Å². The third-order valence-corrected chi connectivity index (χ3v) is 9.14. The molecule has 4 rings (SSSR count). The third kappa shape index (κ3) is 1.93. The lowest BCUT2D eigenvalue weighted by molar-refractivity contribution is -0.207. The largest absolute Gasteiger partial charge is 0.390 e. The SMILES string of the molecule is CC1(C)[C@@H](O)[C@@H](O)[C@H]2[C@@](C)(O)[C@@H]3CC[C@@H]4C[C@@]3(C[C@@H](O)[C@@]21O)C[C@@]4(C)O. The van der Waals surface area contributed by atoms with Gasteiger partial charge in [-0.2, -0.15) is 0 Å². The maximum Gasteiger partial charge on any atom is 0.106 e. The van der Waals surface area contributed by atoms with E-state index in [9.17, 15) is 30.6 Å². The van der Waals surface area contributed by atoms with Crippen LogP contribution in [-0.4, -0.2) is 65.8 Å². The summed E-state index contributed by atoms with van der Waals surface area (Å²) in [5, 5.41) is 66.8. The summed E-state index contributed by atoms with van der Waals surface area (Å²) in [6.45, 7) is 6.75. The number of rotatable bonds is 0. The summed E-state index contributed by atoms with van der Waals surface area (Å²) in [4.78, 5) is 0. The van der Waals surface area contributed by atoms with E-state index in [1.807, 2.05) is 6.92 Å². The fourth-order valence-corrected chi connectivity index (χ4v) is 7.89. The fourth-order valence-electron chi connectivity index (χ4n) is 7.89. The molecule has 0 amide bonds. The second-order valence-corrected chi connectivity index (χ2v) is 10.8. The van der Waals surface area contributed by atoms with Crippen molar-refractivity contribution >= 4 is 0 Å². The van der Waals surface area contributed by atoms with E-state index < -0.39 is 51.9 Å². The standard InChI is InChI=1S/C20H34O6/c1-16(2)15(23)13(22)14-18(4,25)11-6-5-10-7-19(11,9-17(10,3)24)8-12(21)20(14,16)26/h10-15,21-26H,5-9H2,1-4H3/t10-,11+,12-,13+,14+,15+,17-,18+,19-,20-/m1/s1. The minimum absolute atomic E-state index is 0.123. The second kappa shape index (κ2) is 5.02. The Morgan fingerprint density at radius 3 is 2.08 bits per heavy atom. The van der Waals surface area contributed by atoms with Crippen LogP contribution >= 0.6 is 0 Å². The van der Waals surface area contributed by atoms with Gasteiger partial charge in [-0.25, -0.2) is 0 Å². The van der Waals surface area contributed by atoms with Crippen LogP contribution in [0.2, 0.25) is 0 Å². The smallest absolute Gasteiger partial charge is 0.106 e. The minimum atomic E-state index is -1.81. The lowest BCUT2D eigenvalue weighted by atomic mass is 9.58. The highest BCUT2D eigenvalue weighted by Crippen LogP contribution is 2.69. The van der Waals surface area contributed by atoms with E-state index in [1.54, 1.807) is 20.8 Å². The molecule has 4 aliphatic carbocycles. The molecule has 6 nitrogen and oxygen atoms in total. The van der Waals surface area contributed by atoms with Gasteiger partial charge in [0, 0.05) is 11.3 Å². The summed E-state index contributed by atoms with van der Waals surface area (Å²) in [5.74, 6) is -1.19. The molecular formula is C20H34O6. The number of fused-ring (bicyclic) bond motifs is 2. The summed E-state index contributed by atoms with van der Waals surface area (Å²) >= 11 is 0. The highest BCUT2D eigenvalue weighted by atomic mass is 16.4. The van der Waals surface area contributed by atoms with Gasteiger partial charge in [-0.15, -0.1) is 0 Å². The van der Waals surface area contributed by atoms with Crippen LogP contribution in [-0.2, 0) is 0 Å². The van der Waals surface area contributed by atoms with Gasteiger partial charge < -0.3 is 30.6 Å². The molecule has 0 aromatic carbocycles. The Kier molecular flexibility index (Phi) is 3.69. The predicted molar refractivity (Wildman–Crippen MR) is 94.0 cm³/mol. The molecule has 0 aromatic rings. The number of hydrogen-bond acceptors (Lipinski definition) is 6. The van der Waals surface area contributed by atoms with Crippen LogP contribution in [0, 0.1) is 28.6 Å². The van der Waals surface area contributed by atoms with Crippen LogP contribution in [0.3, 0.4) is 0 Å². The van der Waals surface area contributed by atoms with Crippen molar-refractivity contribution in [1.29, 1.82) is 0 Å². The van der Waals surface area contributed by atoms with Crippen molar-refractivity contribution < 1.29 is 30.6 Å². The van der Waals surface area contributed by atoms with Gasteiger partial charge in [-0.05, 0) is 63.2 Å². The van der Waals surface area contributed by atoms with Gasteiger partial charge in [0.25, 0.3) is 0 Å². The van der Waals surface area contributed by atoms with Crippen LogP contribution in [0.1, 0.15) is 59.8 Å². The van der Waals surface area contributed by atoms with Gasteiger partial charge in [-0.1, -0.05) is 13.8 Å². The Morgan fingerprint density at radius 1 is 0.846 bits per heavy atom. The van der Waals surface area contributed by atoms with Gasteiger partial charge in [0.05, 0.1) is 29.5 Å². The topological polar surface area (TPSA) is 121 Å². The molecule has 2 bridgehead atoms. The van der Waals surface area contributed by atoms with Gasteiger partial charge in [-0.3, -0.25) is 0 Å². The zero-order valence-electron chi connectivity index (χ0n) is 16.2. The van der Waals surface area contributed by atoms with Gasteiger partial charge >= 0.3 is 0 Å². The molecule has 6 heteroatoms. The van der Waals surface area contributed by atoms with Crippen LogP contribution in [0.25, 0.3) is 0 Å². The summed E-state index contributed by atoms with van der Waals surface area (Å²) in [7, 11) is 0. The van der Waals surface area contributed by atoms with Crippen molar-refractivity contribution in [2.45, 2.75) is 94.9 Å². The Bertz CT molecular complexity index is 615. The van der Waals surface area contributed by atoms with Crippen LogP contribution in [0.4, 0.5) is 0 Å². The van der Waals surface area contributed by atoms with Crippen molar-refractivity contribution in [3.63, 3.8) is 0 Å². The molecule has 0 aliphatic heterocycles. The van der Waals surface area contributed by atoms with E-state index >= 15 is 0 Å². The lowest BCUT2D eigenvalue weighted by Gasteiger charge is -2.50. The Balaban J connectivity index is 1.89. The van der Waals surface area contributed by atoms with Gasteiger partial charge in [0.1, 0.15) is 5.60 Å². The molecule has 0 saturated heterocycles. The van der Waals surface area contributed by atoms with E-state index in [-0.39, 0.29) is 18.3 Å². The average Bonchev–Trinajstić information content (AvgIpc) is 2.75. The molecule has 150 valence electrons. The normalized spacial score (nSPS) is 63.9. The van der Waals surface area contributed by atoms with Crippen molar-refractivity contribution in [2.75, 3.05) is 0 Å². The van der Waals surface area contributed by atoms with Crippen LogP contribution in [0.15, 0.2) is 0 Å². The summed E-state index contributed by atoms with van der Waals surface area (Å²) in [6.07, 6.45) is -0.862. The monoisotopic (exact) mass is 370 g/mol. The third-order valence-electron chi connectivity index (χ3n) is 9.14. The van der Waals surface area contributed by atoms with Gasteiger partial charge in [0.15, 0.2) is 0 Å². The molecule has 6 N–H and O–H groups in total. The van der Waals surface area contributed by atoms with Crippen molar-refractivity contribution in [3.8, 4) is 0 Å². The van der Waals surface area contributed by atoms with Crippen LogP contribution < -0.4 is 0 Å². The van der Waals surface area contributed by atoms with Crippen molar-refractivity contribution in [1.82, 2.24) is 0 Å². The first kappa shape index (κ1) is 19.1. The molecule has 4 aliphatic rings. The molecule has 0 radical (unpaired) electrons. The number of hydrogen-bond donors (Lipinski definition) is 6.